The van der Waals surface area contributed by atoms with Crippen molar-refractivity contribution < 1.29 is 10.2 Å². The fourth-order valence-corrected chi connectivity index (χ4v) is 2.69. The van der Waals surface area contributed by atoms with Gasteiger partial charge in [-0.3, -0.25) is 0 Å². The first-order valence-electron chi connectivity index (χ1n) is 6.57. The quantitative estimate of drug-likeness (QED) is 0.670. The predicted octanol–water partition coefficient (Wildman–Crippen LogP) is 2.39. The highest BCUT2D eigenvalue weighted by Gasteiger charge is 2.09. The Balaban J connectivity index is 2.26. The summed E-state index contributed by atoms with van der Waals surface area (Å²) in [6, 6.07) is 12.4. The number of hydrogen-bond acceptors (Lipinski definition) is 2. The summed E-state index contributed by atoms with van der Waals surface area (Å²) in [5.41, 5.74) is 4.43. The zero-order valence-corrected chi connectivity index (χ0v) is 10.7. The molecule has 0 fully saturated rings. The summed E-state index contributed by atoms with van der Waals surface area (Å²) < 4.78 is 0. The normalized spacial score (nSPS) is 11.5. The Morgan fingerprint density at radius 3 is 2.21 bits per heavy atom. The molecular weight excluding hydrogens is 238 g/mol. The van der Waals surface area contributed by atoms with Gasteiger partial charge in [0.2, 0.25) is 0 Å². The van der Waals surface area contributed by atoms with Crippen LogP contribution in [0.15, 0.2) is 36.4 Å². The molecule has 0 spiro atoms. The molecule has 1 aromatic heterocycles. The molecule has 2 aromatic carbocycles. The van der Waals surface area contributed by atoms with Crippen molar-refractivity contribution in [3.63, 3.8) is 0 Å². The van der Waals surface area contributed by atoms with Crippen LogP contribution < -0.4 is 0 Å². The number of nitrogens with one attached hydrogen (secondary N) is 1. The van der Waals surface area contributed by atoms with Crippen molar-refractivity contribution in [3.05, 3.63) is 47.5 Å². The number of aromatic nitrogens is 1. The molecular formula is C16H17NO2. The summed E-state index contributed by atoms with van der Waals surface area (Å²) in [7, 11) is 0. The summed E-state index contributed by atoms with van der Waals surface area (Å²) in [4.78, 5) is 3.40. The summed E-state index contributed by atoms with van der Waals surface area (Å²) in [6.07, 6.45) is 1.26. The molecule has 0 aliphatic rings. The number of aliphatic hydroxyl groups excluding tert-OH is 2. The second-order valence-corrected chi connectivity index (χ2v) is 4.78. The topological polar surface area (TPSA) is 56.2 Å². The minimum absolute atomic E-state index is 0.129. The van der Waals surface area contributed by atoms with Crippen molar-refractivity contribution >= 4 is 21.8 Å². The molecule has 3 heteroatoms. The highest BCUT2D eigenvalue weighted by molar-refractivity contribution is 6.07. The van der Waals surface area contributed by atoms with Crippen LogP contribution >= 0.6 is 0 Å². The second kappa shape index (κ2) is 5.03. The molecule has 0 bridgehead atoms. The van der Waals surface area contributed by atoms with Gasteiger partial charge in [0.1, 0.15) is 0 Å². The summed E-state index contributed by atoms with van der Waals surface area (Å²) in [6.45, 7) is 0.260. The van der Waals surface area contributed by atoms with E-state index in [-0.39, 0.29) is 13.2 Å². The minimum Gasteiger partial charge on any atom is -0.396 e. The Morgan fingerprint density at radius 2 is 1.47 bits per heavy atom. The van der Waals surface area contributed by atoms with Crippen LogP contribution in [0.2, 0.25) is 0 Å². The number of aliphatic hydroxyl groups is 2. The lowest BCUT2D eigenvalue weighted by Crippen LogP contribution is -2.00. The van der Waals surface area contributed by atoms with Crippen molar-refractivity contribution in [2.45, 2.75) is 12.8 Å². The molecule has 0 amide bonds. The van der Waals surface area contributed by atoms with Gasteiger partial charge >= 0.3 is 0 Å². The van der Waals surface area contributed by atoms with Gasteiger partial charge in [-0.15, -0.1) is 0 Å². The summed E-state index contributed by atoms with van der Waals surface area (Å²) in [5.74, 6) is 0. The predicted molar refractivity (Wildman–Crippen MR) is 77.4 cm³/mol. The fraction of sp³-hybridized carbons (Fsp3) is 0.250. The Bertz CT molecular complexity index is 715. The van der Waals surface area contributed by atoms with E-state index in [2.05, 4.69) is 29.2 Å². The molecule has 0 saturated carbocycles. The first kappa shape index (κ1) is 12.2. The average Bonchev–Trinajstić information content (AvgIpc) is 2.77. The Labute approximate surface area is 111 Å². The van der Waals surface area contributed by atoms with E-state index in [1.165, 1.54) is 10.8 Å². The van der Waals surface area contributed by atoms with E-state index in [0.717, 1.165) is 22.2 Å². The number of rotatable bonds is 4. The Hall–Kier alpha value is -1.84. The molecule has 0 saturated heterocycles. The number of hydrogen-bond donors (Lipinski definition) is 3. The van der Waals surface area contributed by atoms with Crippen LogP contribution in [0, 0.1) is 0 Å². The maximum Gasteiger partial charge on any atom is 0.0471 e. The van der Waals surface area contributed by atoms with Crippen LogP contribution in [0.25, 0.3) is 21.8 Å². The van der Waals surface area contributed by atoms with E-state index < -0.39 is 0 Å². The third-order valence-electron chi connectivity index (χ3n) is 3.59. The highest BCUT2D eigenvalue weighted by Crippen LogP contribution is 2.28. The van der Waals surface area contributed by atoms with Crippen molar-refractivity contribution in [3.8, 4) is 0 Å². The Kier molecular flexibility index (Phi) is 3.23. The van der Waals surface area contributed by atoms with Gasteiger partial charge in [0, 0.05) is 35.0 Å². The summed E-state index contributed by atoms with van der Waals surface area (Å²) >= 11 is 0. The van der Waals surface area contributed by atoms with Crippen molar-refractivity contribution in [1.82, 2.24) is 4.98 Å². The highest BCUT2D eigenvalue weighted by atomic mass is 16.3. The lowest BCUT2D eigenvalue weighted by molar-refractivity contribution is 0.293. The molecule has 3 nitrogen and oxygen atoms in total. The van der Waals surface area contributed by atoms with Crippen LogP contribution in [0.4, 0.5) is 0 Å². The first-order chi connectivity index (χ1) is 9.33. The zero-order chi connectivity index (χ0) is 13.2. The SMILES string of the molecule is OCCc1cc2[nH]c3ccccc3c2cc1CCO. The molecule has 3 rings (SSSR count). The molecule has 3 N–H and O–H groups in total. The molecule has 0 aliphatic carbocycles. The molecule has 98 valence electrons. The molecule has 3 aromatic rings. The number of fused-ring (bicyclic) bond motifs is 3. The van der Waals surface area contributed by atoms with Gasteiger partial charge in [-0.2, -0.15) is 0 Å². The maximum absolute atomic E-state index is 9.18. The smallest absolute Gasteiger partial charge is 0.0471 e. The standard InChI is InChI=1S/C16H17NO2/c18-7-5-11-9-14-13-3-1-2-4-15(13)17-16(14)10-12(11)6-8-19/h1-4,9-10,17-19H,5-8H2. The van der Waals surface area contributed by atoms with Crippen LogP contribution in [0.5, 0.6) is 0 Å². The third kappa shape index (κ3) is 2.11. The minimum atomic E-state index is 0.129. The molecule has 1 heterocycles. The maximum atomic E-state index is 9.18. The van der Waals surface area contributed by atoms with Crippen molar-refractivity contribution in [2.75, 3.05) is 13.2 Å². The van der Waals surface area contributed by atoms with E-state index in [1.54, 1.807) is 0 Å². The first-order valence-corrected chi connectivity index (χ1v) is 6.57. The van der Waals surface area contributed by atoms with Gasteiger partial charge in [-0.25, -0.2) is 0 Å². The van der Waals surface area contributed by atoms with E-state index in [9.17, 15) is 5.11 Å². The number of benzene rings is 2. The van der Waals surface area contributed by atoms with Gasteiger partial charge in [-0.1, -0.05) is 18.2 Å². The lowest BCUT2D eigenvalue weighted by Gasteiger charge is -2.08. The van der Waals surface area contributed by atoms with Crippen LogP contribution in [0.3, 0.4) is 0 Å². The summed E-state index contributed by atoms with van der Waals surface area (Å²) in [5, 5.41) is 20.7. The molecule has 0 unspecified atom stereocenters. The van der Waals surface area contributed by atoms with Crippen molar-refractivity contribution in [1.29, 1.82) is 0 Å². The lowest BCUT2D eigenvalue weighted by atomic mass is 9.99. The van der Waals surface area contributed by atoms with Crippen LogP contribution in [0.1, 0.15) is 11.1 Å². The third-order valence-corrected chi connectivity index (χ3v) is 3.59. The van der Waals surface area contributed by atoms with Crippen molar-refractivity contribution in [2.24, 2.45) is 0 Å². The largest absolute Gasteiger partial charge is 0.396 e. The van der Waals surface area contributed by atoms with Gasteiger partial charge in [0.25, 0.3) is 0 Å². The number of aromatic amines is 1. The average molecular weight is 255 g/mol. The van der Waals surface area contributed by atoms with Gasteiger partial charge in [-0.05, 0) is 42.2 Å². The fourth-order valence-electron chi connectivity index (χ4n) is 2.69. The Morgan fingerprint density at radius 1 is 0.789 bits per heavy atom. The second-order valence-electron chi connectivity index (χ2n) is 4.78. The van der Waals surface area contributed by atoms with Crippen LogP contribution in [-0.2, 0) is 12.8 Å². The zero-order valence-electron chi connectivity index (χ0n) is 10.7. The number of H-pyrrole nitrogens is 1. The van der Waals surface area contributed by atoms with Crippen LogP contribution in [-0.4, -0.2) is 28.4 Å². The molecule has 19 heavy (non-hydrogen) atoms. The van der Waals surface area contributed by atoms with Gasteiger partial charge < -0.3 is 15.2 Å². The molecule has 0 atom stereocenters. The van der Waals surface area contributed by atoms with E-state index in [4.69, 9.17) is 5.11 Å². The van der Waals surface area contributed by atoms with E-state index >= 15 is 0 Å². The monoisotopic (exact) mass is 255 g/mol. The van der Waals surface area contributed by atoms with E-state index in [0.29, 0.717) is 12.8 Å². The van der Waals surface area contributed by atoms with Gasteiger partial charge in [0.05, 0.1) is 0 Å². The van der Waals surface area contributed by atoms with Gasteiger partial charge in [0.15, 0.2) is 0 Å². The number of para-hydroxylation sites is 1. The molecule has 0 radical (unpaired) electrons. The molecule has 0 aliphatic heterocycles. The van der Waals surface area contributed by atoms with E-state index in [1.807, 2.05) is 12.1 Å².